The summed E-state index contributed by atoms with van der Waals surface area (Å²) in [7, 11) is 0. The fourth-order valence-corrected chi connectivity index (χ4v) is 2.49. The maximum absolute atomic E-state index is 8.83. The Morgan fingerprint density at radius 2 is 2.00 bits per heavy atom. The predicted molar refractivity (Wildman–Crippen MR) is 72.9 cm³/mol. The molecule has 0 spiro atoms. The summed E-state index contributed by atoms with van der Waals surface area (Å²) in [5.41, 5.74) is 6.17. The lowest BCUT2D eigenvalue weighted by Crippen LogP contribution is -2.14. The van der Waals surface area contributed by atoms with E-state index in [1.54, 1.807) is 0 Å². The number of nitrogens with two attached hydrogens (primary N) is 1. The molecule has 4 N–H and O–H groups in total. The van der Waals surface area contributed by atoms with Gasteiger partial charge in [0.1, 0.15) is 11.5 Å². The molecule has 1 fully saturated rings. The zero-order valence-electron chi connectivity index (χ0n) is 10.3. The first-order valence-corrected chi connectivity index (χ1v) is 6.78. The average Bonchev–Trinajstić information content (AvgIpc) is 2.41. The first-order chi connectivity index (χ1) is 8.72. The third kappa shape index (κ3) is 3.03. The molecule has 0 aliphatic heterocycles. The van der Waals surface area contributed by atoms with Gasteiger partial charge in [0.15, 0.2) is 11.0 Å². The maximum Gasteiger partial charge on any atom is 0.157 e. The Kier molecular flexibility index (Phi) is 4.60. The molecule has 1 aliphatic carbocycles. The van der Waals surface area contributed by atoms with E-state index in [9.17, 15) is 0 Å². The molecule has 0 saturated heterocycles. The number of nitrogen functional groups attached to an aromatic ring is 1. The lowest BCUT2D eigenvalue weighted by atomic mass is 9.89. The van der Waals surface area contributed by atoms with Crippen LogP contribution in [0.4, 0.5) is 11.5 Å². The molecule has 1 aliphatic rings. The van der Waals surface area contributed by atoms with Gasteiger partial charge in [0, 0.05) is 12.5 Å². The minimum absolute atomic E-state index is 0.0276. The van der Waals surface area contributed by atoms with Gasteiger partial charge in [-0.05, 0) is 12.8 Å². The fourth-order valence-electron chi connectivity index (χ4n) is 2.31. The van der Waals surface area contributed by atoms with Crippen molar-refractivity contribution in [1.82, 2.24) is 9.97 Å². The van der Waals surface area contributed by atoms with E-state index in [2.05, 4.69) is 15.3 Å². The largest absolute Gasteiger partial charge is 0.395 e. The van der Waals surface area contributed by atoms with Gasteiger partial charge in [0.2, 0.25) is 0 Å². The van der Waals surface area contributed by atoms with Gasteiger partial charge in [-0.2, -0.15) is 0 Å². The Morgan fingerprint density at radius 1 is 1.28 bits per heavy atom. The maximum atomic E-state index is 8.83. The molecule has 18 heavy (non-hydrogen) atoms. The Labute approximate surface area is 112 Å². The van der Waals surface area contributed by atoms with Crippen molar-refractivity contribution in [1.29, 1.82) is 0 Å². The van der Waals surface area contributed by atoms with E-state index in [0.717, 1.165) is 18.7 Å². The molecule has 5 nitrogen and oxygen atoms in total. The first-order valence-electron chi connectivity index (χ1n) is 6.40. The summed E-state index contributed by atoms with van der Waals surface area (Å²) in [5.74, 6) is 1.69. The molecule has 0 atom stereocenters. The summed E-state index contributed by atoms with van der Waals surface area (Å²) in [6.45, 7) is 0.432. The third-order valence-electron chi connectivity index (χ3n) is 3.29. The van der Waals surface area contributed by atoms with Crippen LogP contribution in [-0.2, 0) is 0 Å². The smallest absolute Gasteiger partial charge is 0.157 e. The lowest BCUT2D eigenvalue weighted by Gasteiger charge is -2.21. The quantitative estimate of drug-likeness (QED) is 0.730. The number of nitrogens with one attached hydrogen (secondary N) is 1. The molecule has 1 aromatic heterocycles. The second kappa shape index (κ2) is 6.20. The molecule has 100 valence electrons. The van der Waals surface area contributed by atoms with E-state index in [4.69, 9.17) is 22.4 Å². The van der Waals surface area contributed by atoms with Crippen molar-refractivity contribution in [2.45, 2.75) is 38.0 Å². The SMILES string of the molecule is Nc1c(Cl)nc(C2CCCCC2)nc1NCCO. The van der Waals surface area contributed by atoms with E-state index < -0.39 is 0 Å². The van der Waals surface area contributed by atoms with Gasteiger partial charge in [0.25, 0.3) is 0 Å². The normalized spacial score (nSPS) is 16.8. The number of aliphatic hydroxyl groups is 1. The second-order valence-corrected chi connectivity index (χ2v) is 4.98. The summed E-state index contributed by atoms with van der Waals surface area (Å²) in [4.78, 5) is 8.74. The van der Waals surface area contributed by atoms with Crippen LogP contribution < -0.4 is 11.1 Å². The van der Waals surface area contributed by atoms with Gasteiger partial charge in [-0.25, -0.2) is 9.97 Å². The molecule has 2 rings (SSSR count). The Hall–Kier alpha value is -1.07. The van der Waals surface area contributed by atoms with Crippen LogP contribution in [0.3, 0.4) is 0 Å². The third-order valence-corrected chi connectivity index (χ3v) is 3.58. The number of rotatable bonds is 4. The molecule has 6 heteroatoms. The van der Waals surface area contributed by atoms with Crippen LogP contribution in [0.25, 0.3) is 0 Å². The molecule has 0 radical (unpaired) electrons. The first kappa shape index (κ1) is 13.4. The number of anilines is 2. The van der Waals surface area contributed by atoms with Crippen molar-refractivity contribution in [2.75, 3.05) is 24.2 Å². The van der Waals surface area contributed by atoms with E-state index in [1.807, 2.05) is 0 Å². The van der Waals surface area contributed by atoms with Crippen molar-refractivity contribution in [2.24, 2.45) is 0 Å². The summed E-state index contributed by atoms with van der Waals surface area (Å²) < 4.78 is 0. The van der Waals surface area contributed by atoms with E-state index in [1.165, 1.54) is 19.3 Å². The summed E-state index contributed by atoms with van der Waals surface area (Å²) >= 11 is 6.04. The van der Waals surface area contributed by atoms with Crippen molar-refractivity contribution in [3.05, 3.63) is 11.0 Å². The zero-order chi connectivity index (χ0) is 13.0. The highest BCUT2D eigenvalue weighted by Gasteiger charge is 2.20. The average molecular weight is 271 g/mol. The van der Waals surface area contributed by atoms with Crippen molar-refractivity contribution in [3.8, 4) is 0 Å². The lowest BCUT2D eigenvalue weighted by molar-refractivity contribution is 0.311. The Morgan fingerprint density at radius 3 is 2.67 bits per heavy atom. The molecule has 0 unspecified atom stereocenters. The van der Waals surface area contributed by atoms with Gasteiger partial charge in [-0.3, -0.25) is 0 Å². The number of aromatic nitrogens is 2. The summed E-state index contributed by atoms with van der Waals surface area (Å²) in [6, 6.07) is 0. The van der Waals surface area contributed by atoms with Crippen LogP contribution in [-0.4, -0.2) is 28.2 Å². The van der Waals surface area contributed by atoms with Crippen molar-refractivity contribution < 1.29 is 5.11 Å². The monoisotopic (exact) mass is 270 g/mol. The van der Waals surface area contributed by atoms with E-state index in [0.29, 0.717) is 29.1 Å². The Bertz CT molecular complexity index is 407. The number of aliphatic hydroxyl groups excluding tert-OH is 1. The number of hydrogen-bond acceptors (Lipinski definition) is 5. The molecular formula is C12H19ClN4O. The highest BCUT2D eigenvalue weighted by Crippen LogP contribution is 2.33. The Balaban J connectivity index is 2.22. The number of hydrogen-bond donors (Lipinski definition) is 3. The minimum Gasteiger partial charge on any atom is -0.395 e. The van der Waals surface area contributed by atoms with Crippen molar-refractivity contribution in [3.63, 3.8) is 0 Å². The molecule has 0 bridgehead atoms. The zero-order valence-corrected chi connectivity index (χ0v) is 11.1. The van der Waals surface area contributed by atoms with Crippen LogP contribution in [0.2, 0.25) is 5.15 Å². The molecule has 1 saturated carbocycles. The topological polar surface area (TPSA) is 84.1 Å². The summed E-state index contributed by atoms with van der Waals surface area (Å²) in [6.07, 6.45) is 5.94. The molecular weight excluding hydrogens is 252 g/mol. The predicted octanol–water partition coefficient (Wildman–Crippen LogP) is 2.16. The number of halogens is 1. The van der Waals surface area contributed by atoms with Crippen LogP contribution in [0.1, 0.15) is 43.8 Å². The molecule has 0 aromatic carbocycles. The van der Waals surface area contributed by atoms with Gasteiger partial charge >= 0.3 is 0 Å². The van der Waals surface area contributed by atoms with Crippen LogP contribution >= 0.6 is 11.6 Å². The van der Waals surface area contributed by atoms with Gasteiger partial charge in [-0.15, -0.1) is 0 Å². The molecule has 1 heterocycles. The van der Waals surface area contributed by atoms with Gasteiger partial charge < -0.3 is 16.2 Å². The van der Waals surface area contributed by atoms with E-state index in [-0.39, 0.29) is 6.61 Å². The number of nitrogens with zero attached hydrogens (tertiary/aromatic N) is 2. The van der Waals surface area contributed by atoms with Crippen LogP contribution in [0.5, 0.6) is 0 Å². The molecule has 1 aromatic rings. The van der Waals surface area contributed by atoms with Crippen LogP contribution in [0, 0.1) is 0 Å². The van der Waals surface area contributed by atoms with Gasteiger partial charge in [-0.1, -0.05) is 30.9 Å². The standard InChI is InChI=1S/C12H19ClN4O/c13-10-9(14)12(15-6-7-18)17-11(16-10)8-4-2-1-3-5-8/h8,18H,1-7,14H2,(H,15,16,17). The van der Waals surface area contributed by atoms with E-state index >= 15 is 0 Å². The fraction of sp³-hybridized carbons (Fsp3) is 0.667. The van der Waals surface area contributed by atoms with Gasteiger partial charge in [0.05, 0.1) is 6.61 Å². The minimum atomic E-state index is 0.0276. The molecule has 0 amide bonds. The van der Waals surface area contributed by atoms with Crippen molar-refractivity contribution >= 4 is 23.1 Å². The summed E-state index contributed by atoms with van der Waals surface area (Å²) in [5, 5.41) is 12.1. The van der Waals surface area contributed by atoms with Crippen LogP contribution in [0.15, 0.2) is 0 Å². The second-order valence-electron chi connectivity index (χ2n) is 4.62. The highest BCUT2D eigenvalue weighted by atomic mass is 35.5. The highest BCUT2D eigenvalue weighted by molar-refractivity contribution is 6.32.